The third kappa shape index (κ3) is 2.07. The molecule has 1 aromatic heterocycles. The Morgan fingerprint density at radius 2 is 2.69 bits per heavy atom. The smallest absolute Gasteiger partial charge is 0.0973 e. The van der Waals surface area contributed by atoms with Crippen LogP contribution in [0.5, 0.6) is 0 Å². The molecule has 0 radical (unpaired) electrons. The normalized spacial score (nSPS) is 22.4. The number of rotatable bonds is 3. The van der Waals surface area contributed by atoms with Crippen LogP contribution >= 0.6 is 11.3 Å². The molecule has 2 heterocycles. The molecule has 0 aromatic carbocycles. The first-order valence-corrected chi connectivity index (χ1v) is 5.57. The third-order valence-electron chi connectivity index (χ3n) is 2.34. The molecule has 0 spiro atoms. The van der Waals surface area contributed by atoms with E-state index >= 15 is 0 Å². The van der Waals surface area contributed by atoms with Gasteiger partial charge in [-0.3, -0.25) is 0 Å². The van der Waals surface area contributed by atoms with Crippen LogP contribution in [-0.2, 0) is 6.54 Å². The van der Waals surface area contributed by atoms with E-state index in [1.807, 2.05) is 7.05 Å². The molecule has 1 aromatic rings. The SMILES string of the molecule is CNCc1csc(C2CCNC2)n1. The zero-order valence-corrected chi connectivity index (χ0v) is 8.66. The maximum Gasteiger partial charge on any atom is 0.0973 e. The molecule has 3 nitrogen and oxygen atoms in total. The lowest BCUT2D eigenvalue weighted by molar-refractivity contribution is 0.736. The van der Waals surface area contributed by atoms with E-state index in [4.69, 9.17) is 0 Å². The highest BCUT2D eigenvalue weighted by Gasteiger charge is 2.19. The first kappa shape index (κ1) is 9.12. The average molecular weight is 197 g/mol. The van der Waals surface area contributed by atoms with E-state index in [1.165, 1.54) is 17.1 Å². The largest absolute Gasteiger partial charge is 0.316 e. The van der Waals surface area contributed by atoms with Crippen LogP contribution in [0.4, 0.5) is 0 Å². The molecule has 1 saturated heterocycles. The zero-order chi connectivity index (χ0) is 9.10. The molecule has 1 atom stereocenters. The Hall–Kier alpha value is -0.450. The van der Waals surface area contributed by atoms with E-state index in [2.05, 4.69) is 21.0 Å². The Morgan fingerprint density at radius 3 is 3.38 bits per heavy atom. The molecule has 13 heavy (non-hydrogen) atoms. The summed E-state index contributed by atoms with van der Waals surface area (Å²) in [7, 11) is 1.95. The van der Waals surface area contributed by atoms with Crippen molar-refractivity contribution in [2.75, 3.05) is 20.1 Å². The number of hydrogen-bond donors (Lipinski definition) is 2. The summed E-state index contributed by atoms with van der Waals surface area (Å²) in [5.74, 6) is 0.663. The second kappa shape index (κ2) is 4.17. The van der Waals surface area contributed by atoms with Gasteiger partial charge in [-0.1, -0.05) is 0 Å². The van der Waals surface area contributed by atoms with Gasteiger partial charge in [0.2, 0.25) is 0 Å². The van der Waals surface area contributed by atoms with E-state index in [1.54, 1.807) is 11.3 Å². The molecule has 4 heteroatoms. The number of thiazole rings is 1. The summed E-state index contributed by atoms with van der Waals surface area (Å²) in [6.45, 7) is 3.13. The highest BCUT2D eigenvalue weighted by Crippen LogP contribution is 2.25. The summed E-state index contributed by atoms with van der Waals surface area (Å²) in [5.41, 5.74) is 1.18. The maximum atomic E-state index is 4.60. The predicted octanol–water partition coefficient (Wildman–Crippen LogP) is 0.939. The predicted molar refractivity (Wildman–Crippen MR) is 55.1 cm³/mol. The van der Waals surface area contributed by atoms with Gasteiger partial charge in [0.25, 0.3) is 0 Å². The van der Waals surface area contributed by atoms with Gasteiger partial charge in [0, 0.05) is 24.4 Å². The van der Waals surface area contributed by atoms with Crippen molar-refractivity contribution in [3.63, 3.8) is 0 Å². The number of hydrogen-bond acceptors (Lipinski definition) is 4. The van der Waals surface area contributed by atoms with Crippen LogP contribution in [0.25, 0.3) is 0 Å². The molecule has 72 valence electrons. The number of nitrogens with one attached hydrogen (secondary N) is 2. The maximum absolute atomic E-state index is 4.60. The van der Waals surface area contributed by atoms with Crippen molar-refractivity contribution in [2.24, 2.45) is 0 Å². The fourth-order valence-corrected chi connectivity index (χ4v) is 2.59. The van der Waals surface area contributed by atoms with Crippen LogP contribution in [0.2, 0.25) is 0 Å². The van der Waals surface area contributed by atoms with E-state index < -0.39 is 0 Å². The second-order valence-electron chi connectivity index (χ2n) is 3.40. The van der Waals surface area contributed by atoms with Gasteiger partial charge >= 0.3 is 0 Å². The van der Waals surface area contributed by atoms with E-state index in [0.29, 0.717) is 5.92 Å². The van der Waals surface area contributed by atoms with Crippen LogP contribution in [0, 0.1) is 0 Å². The van der Waals surface area contributed by atoms with Crippen LogP contribution in [0.3, 0.4) is 0 Å². The topological polar surface area (TPSA) is 37.0 Å². The van der Waals surface area contributed by atoms with E-state index in [0.717, 1.165) is 19.6 Å². The Labute approximate surface area is 82.6 Å². The summed E-state index contributed by atoms with van der Waals surface area (Å²) >= 11 is 1.80. The highest BCUT2D eigenvalue weighted by atomic mass is 32.1. The molecule has 1 fully saturated rings. The van der Waals surface area contributed by atoms with Crippen molar-refractivity contribution in [1.29, 1.82) is 0 Å². The van der Waals surface area contributed by atoms with Gasteiger partial charge in [0.1, 0.15) is 0 Å². The molecular weight excluding hydrogens is 182 g/mol. The monoisotopic (exact) mass is 197 g/mol. The third-order valence-corrected chi connectivity index (χ3v) is 3.39. The molecule has 2 N–H and O–H groups in total. The highest BCUT2D eigenvalue weighted by molar-refractivity contribution is 7.09. The van der Waals surface area contributed by atoms with Gasteiger partial charge in [0.15, 0.2) is 0 Å². The fraction of sp³-hybridized carbons (Fsp3) is 0.667. The number of aromatic nitrogens is 1. The summed E-state index contributed by atoms with van der Waals surface area (Å²) in [6.07, 6.45) is 1.24. The van der Waals surface area contributed by atoms with Crippen molar-refractivity contribution in [3.05, 3.63) is 16.1 Å². The van der Waals surface area contributed by atoms with Gasteiger partial charge in [-0.25, -0.2) is 4.98 Å². The van der Waals surface area contributed by atoms with Crippen molar-refractivity contribution in [2.45, 2.75) is 18.9 Å². The molecule has 1 unspecified atom stereocenters. The molecule has 1 aliphatic heterocycles. The Bertz CT molecular complexity index is 266. The molecular formula is C9H15N3S. The van der Waals surface area contributed by atoms with Crippen molar-refractivity contribution in [1.82, 2.24) is 15.6 Å². The first-order chi connectivity index (χ1) is 6.40. The molecule has 0 bridgehead atoms. The van der Waals surface area contributed by atoms with Crippen LogP contribution in [-0.4, -0.2) is 25.1 Å². The summed E-state index contributed by atoms with van der Waals surface area (Å²) < 4.78 is 0. The fourth-order valence-electron chi connectivity index (χ4n) is 1.64. The minimum Gasteiger partial charge on any atom is -0.316 e. The van der Waals surface area contributed by atoms with Crippen LogP contribution in [0.15, 0.2) is 5.38 Å². The van der Waals surface area contributed by atoms with Gasteiger partial charge < -0.3 is 10.6 Å². The van der Waals surface area contributed by atoms with Gasteiger partial charge in [-0.05, 0) is 20.0 Å². The first-order valence-electron chi connectivity index (χ1n) is 4.70. The average Bonchev–Trinajstić information content (AvgIpc) is 2.70. The Morgan fingerprint density at radius 1 is 1.77 bits per heavy atom. The van der Waals surface area contributed by atoms with Crippen LogP contribution < -0.4 is 10.6 Å². The lowest BCUT2D eigenvalue weighted by atomic mass is 10.1. The summed E-state index contributed by atoms with van der Waals surface area (Å²) in [4.78, 5) is 4.60. The Balaban J connectivity index is 2.03. The lowest BCUT2D eigenvalue weighted by Crippen LogP contribution is -2.08. The summed E-state index contributed by atoms with van der Waals surface area (Å²) in [6, 6.07) is 0. The molecule has 2 rings (SSSR count). The standard InChI is InChI=1S/C9H15N3S/c1-10-5-8-6-13-9(12-8)7-2-3-11-4-7/h6-7,10-11H,2-5H2,1H3. The van der Waals surface area contributed by atoms with Gasteiger partial charge in [-0.15, -0.1) is 11.3 Å². The zero-order valence-electron chi connectivity index (χ0n) is 7.84. The summed E-state index contributed by atoms with van der Waals surface area (Å²) in [5, 5.41) is 9.94. The van der Waals surface area contributed by atoms with Crippen molar-refractivity contribution in [3.8, 4) is 0 Å². The van der Waals surface area contributed by atoms with E-state index in [9.17, 15) is 0 Å². The minimum atomic E-state index is 0.663. The second-order valence-corrected chi connectivity index (χ2v) is 4.29. The van der Waals surface area contributed by atoms with Crippen molar-refractivity contribution >= 4 is 11.3 Å². The quantitative estimate of drug-likeness (QED) is 0.757. The minimum absolute atomic E-state index is 0.663. The Kier molecular flexibility index (Phi) is 2.93. The molecule has 0 saturated carbocycles. The molecule has 1 aliphatic rings. The van der Waals surface area contributed by atoms with Crippen LogP contribution in [0.1, 0.15) is 23.0 Å². The van der Waals surface area contributed by atoms with Gasteiger partial charge in [0.05, 0.1) is 10.7 Å². The molecule has 0 aliphatic carbocycles. The lowest BCUT2D eigenvalue weighted by Gasteiger charge is -2.01. The van der Waals surface area contributed by atoms with Crippen molar-refractivity contribution < 1.29 is 0 Å². The number of nitrogens with zero attached hydrogens (tertiary/aromatic N) is 1. The molecule has 0 amide bonds. The van der Waals surface area contributed by atoms with Gasteiger partial charge in [-0.2, -0.15) is 0 Å². The van der Waals surface area contributed by atoms with E-state index in [-0.39, 0.29) is 0 Å².